The smallest absolute Gasteiger partial charge is 0.338 e. The number of nitrogens with zero attached hydrogens (tertiary/aromatic N) is 1. The van der Waals surface area contributed by atoms with Gasteiger partial charge in [0.1, 0.15) is 11.6 Å². The summed E-state index contributed by atoms with van der Waals surface area (Å²) >= 11 is 0. The summed E-state index contributed by atoms with van der Waals surface area (Å²) in [5, 5.41) is 8.84. The topological polar surface area (TPSA) is 85.4 Å². The maximum atomic E-state index is 13.7. The van der Waals surface area contributed by atoms with E-state index < -0.39 is 17.3 Å². The Balaban J connectivity index is 2.41. The molecular formula is C15H15FN2O3. The largest absolute Gasteiger partial charge is 0.478 e. The number of rotatable bonds is 4. The summed E-state index contributed by atoms with van der Waals surface area (Å²) in [5.74, 6) is -1.74. The molecule has 1 aromatic heterocycles. The Morgan fingerprint density at radius 2 is 2.10 bits per heavy atom. The molecule has 0 aliphatic carbocycles. The number of aromatic carboxylic acids is 1. The fourth-order valence-electron chi connectivity index (χ4n) is 1.89. The molecule has 0 amide bonds. The molecule has 21 heavy (non-hydrogen) atoms. The van der Waals surface area contributed by atoms with E-state index in [1.807, 2.05) is 13.8 Å². The van der Waals surface area contributed by atoms with E-state index in [1.165, 1.54) is 0 Å². The molecule has 0 unspecified atom stereocenters. The van der Waals surface area contributed by atoms with Crippen LogP contribution in [0.5, 0.6) is 11.5 Å². The molecule has 1 aromatic carbocycles. The van der Waals surface area contributed by atoms with Crippen molar-refractivity contribution in [1.29, 1.82) is 0 Å². The lowest BCUT2D eigenvalue weighted by atomic mass is 10.1. The molecule has 0 radical (unpaired) electrons. The SMILES string of the molecule is CCc1nc(C)ccc1Oc1cc(F)c(C(=O)O)cc1N. The van der Waals surface area contributed by atoms with Crippen LogP contribution in [0.1, 0.15) is 28.7 Å². The van der Waals surface area contributed by atoms with Crippen LogP contribution < -0.4 is 10.5 Å². The Kier molecular flexibility index (Phi) is 4.07. The molecule has 2 rings (SSSR count). The lowest BCUT2D eigenvalue weighted by Gasteiger charge is -2.12. The van der Waals surface area contributed by atoms with Crippen molar-refractivity contribution in [1.82, 2.24) is 4.98 Å². The van der Waals surface area contributed by atoms with E-state index in [2.05, 4.69) is 4.98 Å². The Morgan fingerprint density at radius 3 is 2.71 bits per heavy atom. The van der Waals surface area contributed by atoms with Gasteiger partial charge in [-0.05, 0) is 31.5 Å². The van der Waals surface area contributed by atoms with E-state index in [0.29, 0.717) is 12.2 Å². The van der Waals surface area contributed by atoms with Crippen LogP contribution in [0.25, 0.3) is 0 Å². The molecule has 0 saturated heterocycles. The van der Waals surface area contributed by atoms with E-state index in [4.69, 9.17) is 15.6 Å². The monoisotopic (exact) mass is 290 g/mol. The van der Waals surface area contributed by atoms with Crippen LogP contribution in [0.2, 0.25) is 0 Å². The zero-order chi connectivity index (χ0) is 15.6. The van der Waals surface area contributed by atoms with Crippen molar-refractivity contribution in [3.8, 4) is 11.5 Å². The van der Waals surface area contributed by atoms with Crippen LogP contribution in [0, 0.1) is 12.7 Å². The van der Waals surface area contributed by atoms with Gasteiger partial charge >= 0.3 is 5.97 Å². The van der Waals surface area contributed by atoms with Crippen molar-refractivity contribution in [2.45, 2.75) is 20.3 Å². The van der Waals surface area contributed by atoms with Crippen molar-refractivity contribution in [3.05, 3.63) is 47.0 Å². The van der Waals surface area contributed by atoms with Gasteiger partial charge in [-0.2, -0.15) is 0 Å². The third kappa shape index (κ3) is 3.10. The molecule has 0 atom stereocenters. The number of nitrogen functional groups attached to an aromatic ring is 1. The van der Waals surface area contributed by atoms with Gasteiger partial charge in [-0.25, -0.2) is 9.18 Å². The molecule has 6 heteroatoms. The molecule has 1 heterocycles. The minimum Gasteiger partial charge on any atom is -0.478 e. The van der Waals surface area contributed by atoms with Crippen molar-refractivity contribution in [2.75, 3.05) is 5.73 Å². The van der Waals surface area contributed by atoms with Gasteiger partial charge in [-0.15, -0.1) is 0 Å². The highest BCUT2D eigenvalue weighted by atomic mass is 19.1. The Bertz CT molecular complexity index is 702. The molecule has 5 nitrogen and oxygen atoms in total. The van der Waals surface area contributed by atoms with Crippen molar-refractivity contribution >= 4 is 11.7 Å². The first-order valence-corrected chi connectivity index (χ1v) is 6.39. The first-order valence-electron chi connectivity index (χ1n) is 6.39. The average Bonchev–Trinajstić information content (AvgIpc) is 2.43. The third-order valence-corrected chi connectivity index (χ3v) is 2.96. The summed E-state index contributed by atoms with van der Waals surface area (Å²) in [6.07, 6.45) is 0.645. The first-order chi connectivity index (χ1) is 9.92. The summed E-state index contributed by atoms with van der Waals surface area (Å²) in [5.41, 5.74) is 6.85. The second-order valence-corrected chi connectivity index (χ2v) is 4.53. The summed E-state index contributed by atoms with van der Waals surface area (Å²) in [4.78, 5) is 15.2. The molecule has 0 fully saturated rings. The number of benzene rings is 1. The molecule has 0 aliphatic heterocycles. The standard InChI is InChI=1S/C15H15FN2O3/c1-3-12-13(5-4-8(2)18-12)21-14-7-10(16)9(15(19)20)6-11(14)17/h4-7H,3,17H2,1-2H3,(H,19,20). The predicted octanol–water partition coefficient (Wildman–Crippen LogP) is 3.16. The normalized spacial score (nSPS) is 10.4. The highest BCUT2D eigenvalue weighted by Gasteiger charge is 2.16. The van der Waals surface area contributed by atoms with Gasteiger partial charge in [-0.3, -0.25) is 4.98 Å². The Hall–Kier alpha value is -2.63. The minimum atomic E-state index is -1.38. The number of pyridine rings is 1. The van der Waals surface area contributed by atoms with Gasteiger partial charge in [0.05, 0.1) is 16.9 Å². The highest BCUT2D eigenvalue weighted by Crippen LogP contribution is 2.31. The molecule has 2 aromatic rings. The molecule has 0 bridgehead atoms. The Labute approximate surface area is 121 Å². The predicted molar refractivity (Wildman–Crippen MR) is 76.2 cm³/mol. The Morgan fingerprint density at radius 1 is 1.38 bits per heavy atom. The van der Waals surface area contributed by atoms with Gasteiger partial charge in [-0.1, -0.05) is 6.92 Å². The van der Waals surface area contributed by atoms with Gasteiger partial charge < -0.3 is 15.6 Å². The van der Waals surface area contributed by atoms with Crippen LogP contribution in [-0.2, 0) is 6.42 Å². The fraction of sp³-hybridized carbons (Fsp3) is 0.200. The van der Waals surface area contributed by atoms with E-state index in [9.17, 15) is 9.18 Å². The molecular weight excluding hydrogens is 275 g/mol. The van der Waals surface area contributed by atoms with Crippen molar-refractivity contribution in [3.63, 3.8) is 0 Å². The average molecular weight is 290 g/mol. The first kappa shape index (κ1) is 14.8. The quantitative estimate of drug-likeness (QED) is 0.845. The van der Waals surface area contributed by atoms with E-state index in [0.717, 1.165) is 23.5 Å². The zero-order valence-corrected chi connectivity index (χ0v) is 11.7. The van der Waals surface area contributed by atoms with Crippen LogP contribution in [0.15, 0.2) is 24.3 Å². The lowest BCUT2D eigenvalue weighted by molar-refractivity contribution is 0.0692. The number of hydrogen-bond acceptors (Lipinski definition) is 4. The maximum absolute atomic E-state index is 13.7. The van der Waals surface area contributed by atoms with Crippen LogP contribution in [0.4, 0.5) is 10.1 Å². The minimum absolute atomic E-state index is 0.0522. The maximum Gasteiger partial charge on any atom is 0.338 e. The van der Waals surface area contributed by atoms with Crippen molar-refractivity contribution in [2.24, 2.45) is 0 Å². The second kappa shape index (κ2) is 5.78. The number of nitrogens with two attached hydrogens (primary N) is 1. The molecule has 0 saturated carbocycles. The van der Waals surface area contributed by atoms with Crippen LogP contribution >= 0.6 is 0 Å². The number of carboxylic acids is 1. The number of aryl methyl sites for hydroxylation is 2. The molecule has 3 N–H and O–H groups in total. The second-order valence-electron chi connectivity index (χ2n) is 4.53. The van der Waals surface area contributed by atoms with Crippen molar-refractivity contribution < 1.29 is 19.0 Å². The van der Waals surface area contributed by atoms with Crippen LogP contribution in [-0.4, -0.2) is 16.1 Å². The van der Waals surface area contributed by atoms with E-state index in [1.54, 1.807) is 12.1 Å². The molecule has 110 valence electrons. The molecule has 0 spiro atoms. The number of halogens is 1. The fourth-order valence-corrected chi connectivity index (χ4v) is 1.89. The van der Waals surface area contributed by atoms with Gasteiger partial charge in [0.15, 0.2) is 5.75 Å². The number of aromatic nitrogens is 1. The van der Waals surface area contributed by atoms with E-state index >= 15 is 0 Å². The molecule has 0 aliphatic rings. The summed E-state index contributed by atoms with van der Waals surface area (Å²) in [7, 11) is 0. The summed E-state index contributed by atoms with van der Waals surface area (Å²) in [6.45, 7) is 3.78. The number of anilines is 1. The van der Waals surface area contributed by atoms with E-state index in [-0.39, 0.29) is 11.4 Å². The number of hydrogen-bond donors (Lipinski definition) is 2. The lowest BCUT2D eigenvalue weighted by Crippen LogP contribution is -2.04. The number of carboxylic acid groups (broad SMARTS) is 1. The summed E-state index contributed by atoms with van der Waals surface area (Å²) in [6, 6.07) is 5.51. The highest BCUT2D eigenvalue weighted by molar-refractivity contribution is 5.89. The van der Waals surface area contributed by atoms with Gasteiger partial charge in [0.2, 0.25) is 0 Å². The summed E-state index contributed by atoms with van der Waals surface area (Å²) < 4.78 is 19.3. The zero-order valence-electron chi connectivity index (χ0n) is 11.7. The number of carbonyl (C=O) groups is 1. The number of ether oxygens (including phenoxy) is 1. The van der Waals surface area contributed by atoms with Gasteiger partial charge in [0.25, 0.3) is 0 Å². The van der Waals surface area contributed by atoms with Crippen LogP contribution in [0.3, 0.4) is 0 Å². The third-order valence-electron chi connectivity index (χ3n) is 2.96. The van der Waals surface area contributed by atoms with Gasteiger partial charge in [0, 0.05) is 11.8 Å².